The minimum Gasteiger partial charge on any atom is -0.497 e. The van der Waals surface area contributed by atoms with Gasteiger partial charge in [-0.3, -0.25) is 0 Å². The van der Waals surface area contributed by atoms with E-state index in [4.69, 9.17) is 27.9 Å². The van der Waals surface area contributed by atoms with Crippen LogP contribution in [0.4, 0.5) is 0 Å². The van der Waals surface area contributed by atoms with E-state index in [-0.39, 0.29) is 5.38 Å². The molecule has 0 radical (unpaired) electrons. The lowest BCUT2D eigenvalue weighted by Gasteiger charge is -2.20. The molecule has 0 aliphatic heterocycles. The first-order chi connectivity index (χ1) is 7.63. The van der Waals surface area contributed by atoms with Crippen molar-refractivity contribution in [3.63, 3.8) is 0 Å². The minimum absolute atomic E-state index is 0.0200. The molecular weight excluding hydrogens is 243 g/mol. The van der Waals surface area contributed by atoms with Crippen LogP contribution < -0.4 is 4.74 Å². The van der Waals surface area contributed by atoms with E-state index in [1.54, 1.807) is 7.11 Å². The number of alkyl halides is 1. The molecule has 1 aromatic rings. The molecule has 16 heavy (non-hydrogen) atoms. The summed E-state index contributed by atoms with van der Waals surface area (Å²) in [6.45, 7) is 4.31. The highest BCUT2D eigenvalue weighted by Gasteiger charge is 2.20. The highest BCUT2D eigenvalue weighted by molar-refractivity contribution is 6.33. The van der Waals surface area contributed by atoms with Crippen molar-refractivity contribution in [2.45, 2.75) is 32.1 Å². The van der Waals surface area contributed by atoms with Crippen molar-refractivity contribution >= 4 is 23.2 Å². The fourth-order valence-corrected chi connectivity index (χ4v) is 2.71. The average molecular weight is 261 g/mol. The van der Waals surface area contributed by atoms with E-state index in [0.717, 1.165) is 24.2 Å². The van der Waals surface area contributed by atoms with Gasteiger partial charge in [0.25, 0.3) is 0 Å². The summed E-state index contributed by atoms with van der Waals surface area (Å²) in [4.78, 5) is 0. The van der Waals surface area contributed by atoms with E-state index in [2.05, 4.69) is 13.8 Å². The van der Waals surface area contributed by atoms with Gasteiger partial charge in [0.05, 0.1) is 12.5 Å². The second kappa shape index (κ2) is 6.36. The van der Waals surface area contributed by atoms with Crippen LogP contribution in [0.15, 0.2) is 18.2 Å². The Morgan fingerprint density at radius 1 is 1.25 bits per heavy atom. The predicted octanol–water partition coefficient (Wildman–Crippen LogP) is 5.06. The molecule has 0 heterocycles. The van der Waals surface area contributed by atoms with Gasteiger partial charge in [0, 0.05) is 5.02 Å². The van der Waals surface area contributed by atoms with Gasteiger partial charge in [-0.2, -0.15) is 0 Å². The lowest BCUT2D eigenvalue weighted by atomic mass is 9.94. The minimum atomic E-state index is -0.0200. The Kier molecular flexibility index (Phi) is 5.43. The maximum absolute atomic E-state index is 6.45. The summed E-state index contributed by atoms with van der Waals surface area (Å²) in [5.41, 5.74) is 0.998. The summed E-state index contributed by atoms with van der Waals surface area (Å²) < 4.78 is 5.12. The summed E-state index contributed by atoms with van der Waals surface area (Å²) in [6, 6.07) is 5.67. The Morgan fingerprint density at radius 3 is 2.31 bits per heavy atom. The molecule has 0 aliphatic rings. The average Bonchev–Trinajstić information content (AvgIpc) is 2.30. The summed E-state index contributed by atoms with van der Waals surface area (Å²) in [6.07, 6.45) is 2.13. The lowest BCUT2D eigenvalue weighted by molar-refractivity contribution is 0.414. The zero-order valence-electron chi connectivity index (χ0n) is 9.97. The summed E-state index contributed by atoms with van der Waals surface area (Å²) in [5.74, 6) is 1.23. The third-order valence-corrected chi connectivity index (χ3v) is 3.89. The largest absolute Gasteiger partial charge is 0.497 e. The second-order valence-electron chi connectivity index (χ2n) is 3.87. The molecule has 0 N–H and O–H groups in total. The van der Waals surface area contributed by atoms with E-state index in [1.165, 1.54) is 0 Å². The van der Waals surface area contributed by atoms with E-state index >= 15 is 0 Å². The van der Waals surface area contributed by atoms with E-state index in [9.17, 15) is 0 Å². The maximum Gasteiger partial charge on any atom is 0.120 e. The van der Waals surface area contributed by atoms with Gasteiger partial charge in [0.1, 0.15) is 5.75 Å². The second-order valence-corrected chi connectivity index (χ2v) is 4.74. The Hall–Kier alpha value is -0.400. The van der Waals surface area contributed by atoms with Crippen molar-refractivity contribution in [3.05, 3.63) is 28.8 Å². The number of benzene rings is 1. The molecule has 1 unspecified atom stereocenters. The summed E-state index contributed by atoms with van der Waals surface area (Å²) in [5, 5.41) is 0.666. The zero-order valence-corrected chi connectivity index (χ0v) is 11.5. The smallest absolute Gasteiger partial charge is 0.120 e. The normalized spacial score (nSPS) is 12.9. The highest BCUT2D eigenvalue weighted by atomic mass is 35.5. The number of hydrogen-bond acceptors (Lipinski definition) is 1. The summed E-state index contributed by atoms with van der Waals surface area (Å²) in [7, 11) is 1.63. The third-order valence-electron chi connectivity index (χ3n) is 2.97. The topological polar surface area (TPSA) is 9.23 Å². The molecule has 0 amide bonds. The van der Waals surface area contributed by atoms with Gasteiger partial charge in [-0.15, -0.1) is 11.6 Å². The Bertz CT molecular complexity index is 335. The molecule has 0 fully saturated rings. The number of hydrogen-bond donors (Lipinski definition) is 0. The molecule has 0 bridgehead atoms. The third kappa shape index (κ3) is 3.05. The van der Waals surface area contributed by atoms with Crippen molar-refractivity contribution in [1.29, 1.82) is 0 Å². The fraction of sp³-hybridized carbons (Fsp3) is 0.538. The lowest BCUT2D eigenvalue weighted by Crippen LogP contribution is -2.06. The standard InChI is InChI=1S/C13H18Cl2O/c1-4-9(5-2)13(15)11-7-6-10(16-3)8-12(11)14/h6-9,13H,4-5H2,1-3H3. The van der Waals surface area contributed by atoms with E-state index in [0.29, 0.717) is 10.9 Å². The summed E-state index contributed by atoms with van der Waals surface area (Å²) >= 11 is 12.6. The maximum atomic E-state index is 6.45. The SMILES string of the molecule is CCC(CC)C(Cl)c1ccc(OC)cc1Cl. The molecule has 90 valence electrons. The van der Waals surface area contributed by atoms with E-state index < -0.39 is 0 Å². The van der Waals surface area contributed by atoms with Crippen LogP contribution in [0.25, 0.3) is 0 Å². The highest BCUT2D eigenvalue weighted by Crippen LogP contribution is 2.38. The van der Waals surface area contributed by atoms with Crippen molar-refractivity contribution in [2.24, 2.45) is 5.92 Å². The van der Waals surface area contributed by atoms with Gasteiger partial charge in [-0.05, 0) is 23.6 Å². The molecule has 1 aromatic carbocycles. The number of methoxy groups -OCH3 is 1. The molecular formula is C13H18Cl2O. The molecule has 0 saturated carbocycles. The van der Waals surface area contributed by atoms with Crippen LogP contribution in [-0.4, -0.2) is 7.11 Å². The van der Waals surface area contributed by atoms with Crippen molar-refractivity contribution in [1.82, 2.24) is 0 Å². The van der Waals surface area contributed by atoms with E-state index in [1.807, 2.05) is 18.2 Å². The van der Waals surface area contributed by atoms with Crippen LogP contribution in [0.3, 0.4) is 0 Å². The van der Waals surface area contributed by atoms with Crippen molar-refractivity contribution in [2.75, 3.05) is 7.11 Å². The molecule has 1 nitrogen and oxygen atoms in total. The van der Waals surface area contributed by atoms with Crippen LogP contribution in [0.5, 0.6) is 5.75 Å². The monoisotopic (exact) mass is 260 g/mol. The van der Waals surface area contributed by atoms with Gasteiger partial charge in [-0.25, -0.2) is 0 Å². The number of rotatable bonds is 5. The Balaban J connectivity index is 2.95. The number of ether oxygens (including phenoxy) is 1. The predicted molar refractivity (Wildman–Crippen MR) is 70.7 cm³/mol. The van der Waals surface area contributed by atoms with Gasteiger partial charge >= 0.3 is 0 Å². The Labute approximate surface area is 108 Å². The van der Waals surface area contributed by atoms with Crippen LogP contribution in [0.1, 0.15) is 37.6 Å². The number of halogens is 2. The first-order valence-electron chi connectivity index (χ1n) is 5.61. The van der Waals surface area contributed by atoms with Gasteiger partial charge in [0.2, 0.25) is 0 Å². The first kappa shape index (κ1) is 13.7. The quantitative estimate of drug-likeness (QED) is 0.673. The molecule has 1 rings (SSSR count). The van der Waals surface area contributed by atoms with Crippen LogP contribution in [0, 0.1) is 5.92 Å². The van der Waals surface area contributed by atoms with Crippen LogP contribution in [-0.2, 0) is 0 Å². The van der Waals surface area contributed by atoms with Crippen LogP contribution in [0.2, 0.25) is 5.02 Å². The fourth-order valence-electron chi connectivity index (χ4n) is 1.81. The zero-order chi connectivity index (χ0) is 12.1. The van der Waals surface area contributed by atoms with Gasteiger partial charge in [0.15, 0.2) is 0 Å². The van der Waals surface area contributed by atoms with Crippen LogP contribution >= 0.6 is 23.2 Å². The van der Waals surface area contributed by atoms with Crippen molar-refractivity contribution in [3.8, 4) is 5.75 Å². The van der Waals surface area contributed by atoms with Crippen molar-refractivity contribution < 1.29 is 4.74 Å². The Morgan fingerprint density at radius 2 is 1.88 bits per heavy atom. The molecule has 0 saturated heterocycles. The first-order valence-corrected chi connectivity index (χ1v) is 6.42. The molecule has 0 spiro atoms. The van der Waals surface area contributed by atoms with Gasteiger partial charge in [-0.1, -0.05) is 44.4 Å². The molecule has 0 aliphatic carbocycles. The molecule has 0 aromatic heterocycles. The molecule has 3 heteroatoms. The molecule has 1 atom stereocenters. The van der Waals surface area contributed by atoms with Gasteiger partial charge < -0.3 is 4.74 Å².